The first-order chi connectivity index (χ1) is 10.2. The zero-order valence-corrected chi connectivity index (χ0v) is 11.1. The largest absolute Gasteiger partial charge is 0.350 e. The van der Waals surface area contributed by atoms with Gasteiger partial charge in [0.15, 0.2) is 5.82 Å². The molecule has 1 aliphatic heterocycles. The smallest absolute Gasteiger partial charge is 0.315 e. The van der Waals surface area contributed by atoms with Crippen molar-refractivity contribution < 1.29 is 9.59 Å². The van der Waals surface area contributed by atoms with Crippen LogP contribution in [0.15, 0.2) is 36.8 Å². The van der Waals surface area contributed by atoms with E-state index < -0.39 is 6.04 Å². The van der Waals surface area contributed by atoms with Crippen LogP contribution in [-0.4, -0.2) is 39.3 Å². The van der Waals surface area contributed by atoms with Crippen molar-refractivity contribution in [2.24, 2.45) is 0 Å². The zero-order chi connectivity index (χ0) is 14.7. The van der Waals surface area contributed by atoms with E-state index in [-0.39, 0.29) is 11.9 Å². The Balaban J connectivity index is 1.68. The summed E-state index contributed by atoms with van der Waals surface area (Å²) in [4.78, 5) is 27.2. The van der Waals surface area contributed by atoms with Gasteiger partial charge in [-0.2, -0.15) is 5.10 Å². The highest BCUT2D eigenvalue weighted by Gasteiger charge is 2.26. The molecule has 0 spiro atoms. The predicted octanol–water partition coefficient (Wildman–Crippen LogP) is -0.435. The molecular formula is C13H14N6O2. The summed E-state index contributed by atoms with van der Waals surface area (Å²) < 4.78 is 1.64. The molecule has 1 unspecified atom stereocenters. The zero-order valence-electron chi connectivity index (χ0n) is 11.1. The quantitative estimate of drug-likeness (QED) is 0.709. The molecule has 0 bridgehead atoms. The van der Waals surface area contributed by atoms with Crippen molar-refractivity contribution in [1.82, 2.24) is 30.7 Å². The number of pyridine rings is 1. The highest BCUT2D eigenvalue weighted by atomic mass is 16.2. The molecule has 3 heterocycles. The lowest BCUT2D eigenvalue weighted by Gasteiger charge is -2.12. The molecule has 8 nitrogen and oxygen atoms in total. The number of urea groups is 1. The van der Waals surface area contributed by atoms with Gasteiger partial charge in [-0.15, -0.1) is 0 Å². The summed E-state index contributed by atoms with van der Waals surface area (Å²) in [6.45, 7) is 0.609. The lowest BCUT2D eigenvalue weighted by atomic mass is 10.2. The third-order valence-corrected chi connectivity index (χ3v) is 3.13. The van der Waals surface area contributed by atoms with Crippen molar-refractivity contribution >= 4 is 11.9 Å². The highest BCUT2D eigenvalue weighted by Crippen LogP contribution is 2.09. The second kappa shape index (κ2) is 5.61. The van der Waals surface area contributed by atoms with Gasteiger partial charge in [0.1, 0.15) is 6.04 Å². The minimum Gasteiger partial charge on any atom is -0.350 e. The molecular weight excluding hydrogens is 272 g/mol. The summed E-state index contributed by atoms with van der Waals surface area (Å²) in [5, 5.41) is 12.0. The average Bonchev–Trinajstić information content (AvgIpc) is 3.16. The van der Waals surface area contributed by atoms with E-state index in [1.54, 1.807) is 35.4 Å². The van der Waals surface area contributed by atoms with E-state index in [1.165, 1.54) is 0 Å². The Hall–Kier alpha value is -2.90. The highest BCUT2D eigenvalue weighted by molar-refractivity contribution is 5.90. The SMILES string of the molecule is O=C1NCC(C(=O)NCc2cccnc2-n2cccn2)N1. The maximum Gasteiger partial charge on any atom is 0.315 e. The molecule has 3 amide bonds. The van der Waals surface area contributed by atoms with E-state index in [2.05, 4.69) is 26.0 Å². The van der Waals surface area contributed by atoms with Crippen LogP contribution >= 0.6 is 0 Å². The third kappa shape index (κ3) is 2.83. The first kappa shape index (κ1) is 13.1. The first-order valence-corrected chi connectivity index (χ1v) is 6.50. The maximum absolute atomic E-state index is 12.0. The van der Waals surface area contributed by atoms with E-state index in [4.69, 9.17) is 0 Å². The number of nitrogens with one attached hydrogen (secondary N) is 3. The van der Waals surface area contributed by atoms with Gasteiger partial charge in [-0.25, -0.2) is 14.5 Å². The number of amides is 3. The van der Waals surface area contributed by atoms with E-state index in [0.717, 1.165) is 5.56 Å². The van der Waals surface area contributed by atoms with E-state index >= 15 is 0 Å². The molecule has 3 N–H and O–H groups in total. The summed E-state index contributed by atoms with van der Waals surface area (Å²) in [6.07, 6.45) is 5.12. The van der Waals surface area contributed by atoms with Gasteiger partial charge in [0.25, 0.3) is 0 Å². The van der Waals surface area contributed by atoms with Gasteiger partial charge >= 0.3 is 6.03 Å². The Bertz CT molecular complexity index is 654. The minimum absolute atomic E-state index is 0.233. The number of hydrogen-bond donors (Lipinski definition) is 3. The molecule has 8 heteroatoms. The van der Waals surface area contributed by atoms with Crippen LogP contribution in [-0.2, 0) is 11.3 Å². The van der Waals surface area contributed by atoms with Gasteiger partial charge in [-0.1, -0.05) is 6.07 Å². The average molecular weight is 286 g/mol. The number of nitrogens with zero attached hydrogens (tertiary/aromatic N) is 3. The molecule has 1 atom stereocenters. The Labute approximate surface area is 120 Å². The molecule has 1 aliphatic rings. The summed E-state index contributed by atoms with van der Waals surface area (Å²) in [7, 11) is 0. The normalized spacial score (nSPS) is 17.1. The molecule has 0 saturated carbocycles. The molecule has 108 valence electrons. The molecule has 2 aromatic heterocycles. The van der Waals surface area contributed by atoms with Crippen molar-refractivity contribution in [2.75, 3.05) is 6.54 Å². The lowest BCUT2D eigenvalue weighted by Crippen LogP contribution is -2.42. The summed E-state index contributed by atoms with van der Waals surface area (Å²) in [5.41, 5.74) is 0.840. The molecule has 1 saturated heterocycles. The third-order valence-electron chi connectivity index (χ3n) is 3.13. The fourth-order valence-electron chi connectivity index (χ4n) is 2.09. The molecule has 0 aliphatic carbocycles. The number of carbonyl (C=O) groups excluding carboxylic acids is 2. The maximum atomic E-state index is 12.0. The lowest BCUT2D eigenvalue weighted by molar-refractivity contribution is -0.122. The van der Waals surface area contributed by atoms with Crippen LogP contribution in [0.25, 0.3) is 5.82 Å². The van der Waals surface area contributed by atoms with Crippen molar-refractivity contribution in [3.63, 3.8) is 0 Å². The fourth-order valence-corrected chi connectivity index (χ4v) is 2.09. The molecule has 3 rings (SSSR count). The second-order valence-electron chi connectivity index (χ2n) is 4.56. The van der Waals surface area contributed by atoms with Crippen LogP contribution in [0.1, 0.15) is 5.56 Å². The summed E-state index contributed by atoms with van der Waals surface area (Å²) >= 11 is 0. The van der Waals surface area contributed by atoms with Crippen LogP contribution in [0, 0.1) is 0 Å². The molecule has 0 radical (unpaired) electrons. The number of aromatic nitrogens is 3. The molecule has 21 heavy (non-hydrogen) atoms. The van der Waals surface area contributed by atoms with Gasteiger partial charge in [0, 0.05) is 37.2 Å². The van der Waals surface area contributed by atoms with Crippen LogP contribution < -0.4 is 16.0 Å². The van der Waals surface area contributed by atoms with Gasteiger partial charge in [-0.05, 0) is 12.1 Å². The molecule has 1 fully saturated rings. The van der Waals surface area contributed by atoms with Crippen LogP contribution in [0.2, 0.25) is 0 Å². The monoisotopic (exact) mass is 286 g/mol. The Morgan fingerprint density at radius 1 is 1.43 bits per heavy atom. The van der Waals surface area contributed by atoms with Crippen molar-refractivity contribution in [3.8, 4) is 5.82 Å². The predicted molar refractivity (Wildman–Crippen MR) is 73.5 cm³/mol. The Kier molecular flexibility index (Phi) is 3.50. The summed E-state index contributed by atoms with van der Waals surface area (Å²) in [5.74, 6) is 0.431. The Morgan fingerprint density at radius 2 is 2.33 bits per heavy atom. The van der Waals surface area contributed by atoms with E-state index in [1.807, 2.05) is 6.07 Å². The Morgan fingerprint density at radius 3 is 3.05 bits per heavy atom. The fraction of sp³-hybridized carbons (Fsp3) is 0.231. The standard InChI is InChI=1S/C13H14N6O2/c20-12(10-8-16-13(21)18-10)15-7-9-3-1-4-14-11(9)19-6-2-5-17-19/h1-6,10H,7-8H2,(H,15,20)(H2,16,18,21). The van der Waals surface area contributed by atoms with Crippen LogP contribution in [0.3, 0.4) is 0 Å². The number of hydrogen-bond acceptors (Lipinski definition) is 4. The molecule has 2 aromatic rings. The van der Waals surface area contributed by atoms with Crippen molar-refractivity contribution in [3.05, 3.63) is 42.4 Å². The van der Waals surface area contributed by atoms with Crippen LogP contribution in [0.4, 0.5) is 4.79 Å². The first-order valence-electron chi connectivity index (χ1n) is 6.50. The van der Waals surface area contributed by atoms with Crippen molar-refractivity contribution in [2.45, 2.75) is 12.6 Å². The van der Waals surface area contributed by atoms with E-state index in [0.29, 0.717) is 18.9 Å². The number of carbonyl (C=O) groups is 2. The number of rotatable bonds is 4. The van der Waals surface area contributed by atoms with Gasteiger partial charge in [0.2, 0.25) is 5.91 Å². The van der Waals surface area contributed by atoms with Crippen LogP contribution in [0.5, 0.6) is 0 Å². The molecule has 0 aromatic carbocycles. The minimum atomic E-state index is -0.540. The second-order valence-corrected chi connectivity index (χ2v) is 4.56. The van der Waals surface area contributed by atoms with Gasteiger partial charge in [-0.3, -0.25) is 4.79 Å². The van der Waals surface area contributed by atoms with E-state index in [9.17, 15) is 9.59 Å². The van der Waals surface area contributed by atoms with Gasteiger partial charge in [0.05, 0.1) is 0 Å². The van der Waals surface area contributed by atoms with Crippen molar-refractivity contribution in [1.29, 1.82) is 0 Å². The topological polar surface area (TPSA) is 101 Å². The summed E-state index contributed by atoms with van der Waals surface area (Å²) in [6, 6.07) is 4.61. The van der Waals surface area contributed by atoms with Gasteiger partial charge < -0.3 is 16.0 Å².